The smallest absolute Gasteiger partial charge is 0.0453 e. The van der Waals surface area contributed by atoms with Crippen molar-refractivity contribution in [1.82, 2.24) is 0 Å². The lowest BCUT2D eigenvalue weighted by Crippen LogP contribution is -2.15. The van der Waals surface area contributed by atoms with Crippen LogP contribution in [0.15, 0.2) is 24.3 Å². The number of hydrogen-bond donors (Lipinski definition) is 1. The molecule has 14 heavy (non-hydrogen) atoms. The molecule has 0 radical (unpaired) electrons. The number of halogens is 1. The Hall–Kier alpha value is -0.530. The van der Waals surface area contributed by atoms with Crippen molar-refractivity contribution in [3.05, 3.63) is 34.9 Å². The molecule has 2 N–H and O–H groups in total. The topological polar surface area (TPSA) is 26.0 Å². The lowest BCUT2D eigenvalue weighted by atomic mass is 9.98. The van der Waals surface area contributed by atoms with Crippen molar-refractivity contribution < 1.29 is 0 Å². The van der Waals surface area contributed by atoms with E-state index >= 15 is 0 Å². The molecular formula is C12H16ClN. The first kappa shape index (κ1) is 10.0. The van der Waals surface area contributed by atoms with E-state index in [2.05, 4.69) is 13.8 Å². The van der Waals surface area contributed by atoms with E-state index in [4.69, 9.17) is 17.3 Å². The number of rotatable bonds is 2. The van der Waals surface area contributed by atoms with Crippen LogP contribution in [0, 0.1) is 11.3 Å². The molecule has 1 nitrogen and oxygen atoms in total. The van der Waals surface area contributed by atoms with Gasteiger partial charge in [-0.2, -0.15) is 0 Å². The molecule has 0 saturated heterocycles. The highest BCUT2D eigenvalue weighted by molar-refractivity contribution is 6.31. The van der Waals surface area contributed by atoms with Crippen LogP contribution < -0.4 is 5.73 Å². The van der Waals surface area contributed by atoms with Gasteiger partial charge in [0.2, 0.25) is 0 Å². The largest absolute Gasteiger partial charge is 0.324 e. The summed E-state index contributed by atoms with van der Waals surface area (Å²) in [5.41, 5.74) is 7.68. The van der Waals surface area contributed by atoms with E-state index in [-0.39, 0.29) is 6.04 Å². The fraction of sp³-hybridized carbons (Fsp3) is 0.500. The quantitative estimate of drug-likeness (QED) is 0.794. The summed E-state index contributed by atoms with van der Waals surface area (Å²) in [6, 6.07) is 7.97. The summed E-state index contributed by atoms with van der Waals surface area (Å²) in [5.74, 6) is 0.586. The van der Waals surface area contributed by atoms with E-state index in [0.717, 1.165) is 10.6 Å². The minimum absolute atomic E-state index is 0.0960. The SMILES string of the molecule is CC1(C)CC1C(N)c1ccccc1Cl. The van der Waals surface area contributed by atoms with Crippen molar-refractivity contribution in [2.45, 2.75) is 26.3 Å². The molecule has 0 heterocycles. The highest BCUT2D eigenvalue weighted by Crippen LogP contribution is 2.57. The van der Waals surface area contributed by atoms with E-state index in [1.165, 1.54) is 6.42 Å². The van der Waals surface area contributed by atoms with E-state index in [9.17, 15) is 0 Å². The van der Waals surface area contributed by atoms with Gasteiger partial charge in [0.1, 0.15) is 0 Å². The van der Waals surface area contributed by atoms with Gasteiger partial charge in [-0.3, -0.25) is 0 Å². The lowest BCUT2D eigenvalue weighted by Gasteiger charge is -2.15. The average molecular weight is 210 g/mol. The molecule has 2 atom stereocenters. The maximum absolute atomic E-state index is 6.19. The molecule has 1 aliphatic rings. The normalized spacial score (nSPS) is 25.9. The van der Waals surface area contributed by atoms with Crippen molar-refractivity contribution in [3.63, 3.8) is 0 Å². The average Bonchev–Trinajstić information content (AvgIpc) is 2.75. The Balaban J connectivity index is 2.21. The van der Waals surface area contributed by atoms with Gasteiger partial charge in [0.25, 0.3) is 0 Å². The fourth-order valence-corrected chi connectivity index (χ4v) is 2.34. The minimum atomic E-state index is 0.0960. The summed E-state index contributed by atoms with van der Waals surface area (Å²) in [4.78, 5) is 0. The highest BCUT2D eigenvalue weighted by Gasteiger charge is 2.49. The van der Waals surface area contributed by atoms with Gasteiger partial charge in [0, 0.05) is 11.1 Å². The van der Waals surface area contributed by atoms with Crippen molar-refractivity contribution in [3.8, 4) is 0 Å². The second-order valence-corrected chi connectivity index (χ2v) is 5.25. The molecule has 2 unspecified atom stereocenters. The van der Waals surface area contributed by atoms with Gasteiger partial charge >= 0.3 is 0 Å². The third-order valence-corrected chi connectivity index (χ3v) is 3.63. The monoisotopic (exact) mass is 209 g/mol. The third-order valence-electron chi connectivity index (χ3n) is 3.29. The Kier molecular flexibility index (Phi) is 2.32. The van der Waals surface area contributed by atoms with Gasteiger partial charge < -0.3 is 5.73 Å². The molecule has 0 spiro atoms. The zero-order chi connectivity index (χ0) is 10.3. The second kappa shape index (κ2) is 3.25. The summed E-state index contributed by atoms with van der Waals surface area (Å²) in [5, 5.41) is 0.794. The highest BCUT2D eigenvalue weighted by atomic mass is 35.5. The Bertz CT molecular complexity index is 346. The molecular weight excluding hydrogens is 194 g/mol. The standard InChI is InChI=1S/C12H16ClN/c1-12(2)7-9(12)11(14)8-5-3-4-6-10(8)13/h3-6,9,11H,7,14H2,1-2H3. The van der Waals surface area contributed by atoms with E-state index in [1.54, 1.807) is 0 Å². The molecule has 1 aromatic carbocycles. The Labute approximate surface area is 90.3 Å². The first-order chi connectivity index (χ1) is 6.52. The molecule has 0 aliphatic heterocycles. The molecule has 0 bridgehead atoms. The summed E-state index contributed by atoms with van der Waals surface area (Å²) >= 11 is 6.10. The van der Waals surface area contributed by atoms with Gasteiger partial charge in [0.15, 0.2) is 0 Å². The van der Waals surface area contributed by atoms with E-state index in [0.29, 0.717) is 11.3 Å². The molecule has 2 rings (SSSR count). The van der Waals surface area contributed by atoms with Crippen LogP contribution in [0.4, 0.5) is 0 Å². The molecule has 76 valence electrons. The number of benzene rings is 1. The third kappa shape index (κ3) is 1.67. The van der Waals surface area contributed by atoms with Crippen LogP contribution >= 0.6 is 11.6 Å². The lowest BCUT2D eigenvalue weighted by molar-refractivity contribution is 0.491. The second-order valence-electron chi connectivity index (χ2n) is 4.85. The maximum atomic E-state index is 6.19. The summed E-state index contributed by atoms with van der Waals surface area (Å²) < 4.78 is 0. The first-order valence-electron chi connectivity index (χ1n) is 5.02. The fourth-order valence-electron chi connectivity index (χ4n) is 2.08. The Morgan fingerprint density at radius 3 is 2.50 bits per heavy atom. The van der Waals surface area contributed by atoms with Crippen LogP contribution in [-0.4, -0.2) is 0 Å². The van der Waals surface area contributed by atoms with Crippen molar-refractivity contribution in [2.24, 2.45) is 17.1 Å². The Morgan fingerprint density at radius 2 is 2.00 bits per heavy atom. The summed E-state index contributed by atoms with van der Waals surface area (Å²) in [7, 11) is 0. The van der Waals surface area contributed by atoms with Crippen LogP contribution in [-0.2, 0) is 0 Å². The van der Waals surface area contributed by atoms with Crippen molar-refractivity contribution in [1.29, 1.82) is 0 Å². The molecule has 0 aromatic heterocycles. The summed E-state index contributed by atoms with van der Waals surface area (Å²) in [6.45, 7) is 4.52. The molecule has 2 heteroatoms. The van der Waals surface area contributed by atoms with Gasteiger partial charge in [-0.15, -0.1) is 0 Å². The number of hydrogen-bond acceptors (Lipinski definition) is 1. The van der Waals surface area contributed by atoms with E-state index < -0.39 is 0 Å². The van der Waals surface area contributed by atoms with Crippen LogP contribution in [0.3, 0.4) is 0 Å². The van der Waals surface area contributed by atoms with Crippen LogP contribution in [0.2, 0.25) is 5.02 Å². The first-order valence-corrected chi connectivity index (χ1v) is 5.40. The molecule has 1 saturated carbocycles. The zero-order valence-electron chi connectivity index (χ0n) is 8.63. The molecule has 0 amide bonds. The van der Waals surface area contributed by atoms with E-state index in [1.807, 2.05) is 24.3 Å². The van der Waals surface area contributed by atoms with Crippen LogP contribution in [0.25, 0.3) is 0 Å². The number of nitrogens with two attached hydrogens (primary N) is 1. The predicted octanol–water partition coefficient (Wildman–Crippen LogP) is 3.39. The van der Waals surface area contributed by atoms with Gasteiger partial charge in [-0.25, -0.2) is 0 Å². The van der Waals surface area contributed by atoms with Crippen molar-refractivity contribution in [2.75, 3.05) is 0 Å². The van der Waals surface area contributed by atoms with Crippen LogP contribution in [0.5, 0.6) is 0 Å². The molecule has 1 aromatic rings. The molecule has 1 fully saturated rings. The Morgan fingerprint density at radius 1 is 1.43 bits per heavy atom. The minimum Gasteiger partial charge on any atom is -0.324 e. The van der Waals surface area contributed by atoms with Crippen LogP contribution in [0.1, 0.15) is 31.9 Å². The van der Waals surface area contributed by atoms with Crippen molar-refractivity contribution >= 4 is 11.6 Å². The predicted molar refractivity (Wildman–Crippen MR) is 60.3 cm³/mol. The van der Waals surface area contributed by atoms with Gasteiger partial charge in [0.05, 0.1) is 0 Å². The van der Waals surface area contributed by atoms with Gasteiger partial charge in [-0.1, -0.05) is 43.6 Å². The van der Waals surface area contributed by atoms with Gasteiger partial charge in [-0.05, 0) is 29.4 Å². The summed E-state index contributed by atoms with van der Waals surface area (Å²) in [6.07, 6.45) is 1.21. The molecule has 1 aliphatic carbocycles. The maximum Gasteiger partial charge on any atom is 0.0453 e. The zero-order valence-corrected chi connectivity index (χ0v) is 9.38.